The fourth-order valence-electron chi connectivity index (χ4n) is 2.55. The van der Waals surface area contributed by atoms with E-state index in [1.165, 1.54) is 12.7 Å². The first kappa shape index (κ1) is 20.5. The van der Waals surface area contributed by atoms with Crippen LogP contribution in [0.5, 0.6) is 5.75 Å². The molecule has 1 unspecified atom stereocenters. The van der Waals surface area contributed by atoms with Gasteiger partial charge in [-0.2, -0.15) is 0 Å². The Morgan fingerprint density at radius 3 is 2.07 bits per heavy atom. The molecule has 0 spiro atoms. The molecule has 0 radical (unpaired) electrons. The lowest BCUT2D eigenvalue weighted by molar-refractivity contribution is -0.122. The average Bonchev–Trinajstić information content (AvgIpc) is 2.65. The smallest absolute Gasteiger partial charge is 0.337 e. The first-order chi connectivity index (χ1) is 12.7. The van der Waals surface area contributed by atoms with E-state index in [1.807, 2.05) is 31.2 Å². The topological polar surface area (TPSA) is 64.6 Å². The van der Waals surface area contributed by atoms with Crippen molar-refractivity contribution in [2.24, 2.45) is 0 Å². The van der Waals surface area contributed by atoms with E-state index in [0.29, 0.717) is 23.4 Å². The summed E-state index contributed by atoms with van der Waals surface area (Å²) in [4.78, 5) is 24.0. The number of methoxy groups -OCH3 is 1. The van der Waals surface area contributed by atoms with Gasteiger partial charge in [-0.05, 0) is 53.8 Å². The van der Waals surface area contributed by atoms with Crippen LogP contribution >= 0.6 is 0 Å². The van der Waals surface area contributed by atoms with Gasteiger partial charge in [-0.3, -0.25) is 4.79 Å². The fourth-order valence-corrected chi connectivity index (χ4v) is 2.55. The third-order valence-electron chi connectivity index (χ3n) is 4.24. The molecule has 0 aromatic heterocycles. The normalized spacial score (nSPS) is 12.2. The number of hydrogen-bond acceptors (Lipinski definition) is 4. The average molecular weight is 369 g/mol. The van der Waals surface area contributed by atoms with Crippen molar-refractivity contribution in [2.45, 2.75) is 45.6 Å². The van der Waals surface area contributed by atoms with Crippen LogP contribution in [0.15, 0.2) is 48.5 Å². The van der Waals surface area contributed by atoms with Crippen LogP contribution in [0.2, 0.25) is 0 Å². The van der Waals surface area contributed by atoms with Crippen LogP contribution in [0.4, 0.5) is 5.69 Å². The Bertz CT molecular complexity index is 773. The second kappa shape index (κ2) is 8.71. The Labute approximate surface area is 160 Å². The molecule has 5 nitrogen and oxygen atoms in total. The zero-order chi connectivity index (χ0) is 20.0. The third kappa shape index (κ3) is 5.58. The molecule has 27 heavy (non-hydrogen) atoms. The van der Waals surface area contributed by atoms with E-state index >= 15 is 0 Å². The van der Waals surface area contributed by atoms with Gasteiger partial charge in [0.05, 0.1) is 12.7 Å². The standard InChI is InChI=1S/C22H27NO4/c1-6-19(27-18-13-9-16(10-14-18)22(2,3)4)20(24)23-17-11-7-15(8-12-17)21(25)26-5/h7-14,19H,6H2,1-5H3,(H,23,24). The van der Waals surface area contributed by atoms with Crippen molar-refractivity contribution in [3.8, 4) is 5.75 Å². The van der Waals surface area contributed by atoms with Gasteiger partial charge in [0.15, 0.2) is 6.10 Å². The highest BCUT2D eigenvalue weighted by Gasteiger charge is 2.19. The summed E-state index contributed by atoms with van der Waals surface area (Å²) in [6, 6.07) is 14.4. The van der Waals surface area contributed by atoms with E-state index in [0.717, 1.165) is 0 Å². The molecule has 0 aliphatic carbocycles. The summed E-state index contributed by atoms with van der Waals surface area (Å²) in [5.41, 5.74) is 2.30. The number of amides is 1. The number of nitrogens with one attached hydrogen (secondary N) is 1. The zero-order valence-electron chi connectivity index (χ0n) is 16.5. The quantitative estimate of drug-likeness (QED) is 0.758. The lowest BCUT2D eigenvalue weighted by atomic mass is 9.87. The highest BCUT2D eigenvalue weighted by atomic mass is 16.5. The van der Waals surface area contributed by atoms with E-state index in [2.05, 4.69) is 30.8 Å². The maximum Gasteiger partial charge on any atom is 0.337 e. The van der Waals surface area contributed by atoms with Gasteiger partial charge in [-0.15, -0.1) is 0 Å². The first-order valence-corrected chi connectivity index (χ1v) is 9.01. The maximum absolute atomic E-state index is 12.5. The number of ether oxygens (including phenoxy) is 2. The number of benzene rings is 2. The molecule has 0 bridgehead atoms. The Hall–Kier alpha value is -2.82. The van der Waals surface area contributed by atoms with Crippen molar-refractivity contribution in [3.63, 3.8) is 0 Å². The predicted molar refractivity (Wildman–Crippen MR) is 106 cm³/mol. The van der Waals surface area contributed by atoms with Crippen LogP contribution in [0.3, 0.4) is 0 Å². The molecule has 0 saturated carbocycles. The first-order valence-electron chi connectivity index (χ1n) is 9.01. The van der Waals surface area contributed by atoms with Gasteiger partial charge in [0.25, 0.3) is 5.91 Å². The van der Waals surface area contributed by atoms with E-state index in [1.54, 1.807) is 24.3 Å². The molecule has 0 saturated heterocycles. The van der Waals surface area contributed by atoms with Crippen LogP contribution in [-0.4, -0.2) is 25.1 Å². The van der Waals surface area contributed by atoms with Gasteiger partial charge in [-0.1, -0.05) is 39.8 Å². The molecular weight excluding hydrogens is 342 g/mol. The van der Waals surface area contributed by atoms with Gasteiger partial charge in [0.2, 0.25) is 0 Å². The van der Waals surface area contributed by atoms with Gasteiger partial charge in [-0.25, -0.2) is 4.79 Å². The second-order valence-electron chi connectivity index (χ2n) is 7.35. The van der Waals surface area contributed by atoms with Crippen LogP contribution < -0.4 is 10.1 Å². The molecule has 2 rings (SSSR count). The monoisotopic (exact) mass is 369 g/mol. The van der Waals surface area contributed by atoms with Gasteiger partial charge in [0, 0.05) is 5.69 Å². The van der Waals surface area contributed by atoms with Crippen molar-refractivity contribution in [2.75, 3.05) is 12.4 Å². The second-order valence-corrected chi connectivity index (χ2v) is 7.35. The molecule has 144 valence electrons. The third-order valence-corrected chi connectivity index (χ3v) is 4.24. The summed E-state index contributed by atoms with van der Waals surface area (Å²) in [6.07, 6.45) is -0.0709. The van der Waals surface area contributed by atoms with Crippen molar-refractivity contribution in [1.82, 2.24) is 0 Å². The van der Waals surface area contributed by atoms with Crippen molar-refractivity contribution in [3.05, 3.63) is 59.7 Å². The Morgan fingerprint density at radius 1 is 1.00 bits per heavy atom. The van der Waals surface area contributed by atoms with E-state index < -0.39 is 12.1 Å². The molecule has 0 heterocycles. The molecule has 0 aliphatic heterocycles. The lowest BCUT2D eigenvalue weighted by Crippen LogP contribution is -2.32. The van der Waals surface area contributed by atoms with E-state index in [4.69, 9.17) is 4.74 Å². The molecule has 0 fully saturated rings. The van der Waals surface area contributed by atoms with Crippen LogP contribution in [0.25, 0.3) is 0 Å². The van der Waals surface area contributed by atoms with Gasteiger partial charge in [0.1, 0.15) is 5.75 Å². The molecule has 0 aliphatic rings. The zero-order valence-corrected chi connectivity index (χ0v) is 16.5. The number of carbonyl (C=O) groups is 2. The molecule has 2 aromatic carbocycles. The van der Waals surface area contributed by atoms with E-state index in [9.17, 15) is 9.59 Å². The van der Waals surface area contributed by atoms with Crippen LogP contribution in [0, 0.1) is 0 Å². The van der Waals surface area contributed by atoms with Crippen molar-refractivity contribution < 1.29 is 19.1 Å². The Morgan fingerprint density at radius 2 is 1.59 bits per heavy atom. The summed E-state index contributed by atoms with van der Waals surface area (Å²) < 4.78 is 10.5. The molecule has 1 amide bonds. The summed E-state index contributed by atoms with van der Waals surface area (Å²) in [5.74, 6) is 0.00982. The molecule has 1 N–H and O–H groups in total. The molecule has 5 heteroatoms. The summed E-state index contributed by atoms with van der Waals surface area (Å²) in [7, 11) is 1.33. The highest BCUT2D eigenvalue weighted by Crippen LogP contribution is 2.25. The maximum atomic E-state index is 12.5. The van der Waals surface area contributed by atoms with Crippen molar-refractivity contribution >= 4 is 17.6 Å². The van der Waals surface area contributed by atoms with Gasteiger partial charge >= 0.3 is 5.97 Å². The minimum absolute atomic E-state index is 0.0659. The van der Waals surface area contributed by atoms with Crippen LogP contribution in [0.1, 0.15) is 50.0 Å². The van der Waals surface area contributed by atoms with Gasteiger partial charge < -0.3 is 14.8 Å². The Kier molecular flexibility index (Phi) is 6.61. The lowest BCUT2D eigenvalue weighted by Gasteiger charge is -2.21. The summed E-state index contributed by atoms with van der Waals surface area (Å²) >= 11 is 0. The van der Waals surface area contributed by atoms with E-state index in [-0.39, 0.29) is 11.3 Å². The predicted octanol–water partition coefficient (Wildman–Crippen LogP) is 4.57. The highest BCUT2D eigenvalue weighted by molar-refractivity contribution is 5.95. The van der Waals surface area contributed by atoms with Crippen molar-refractivity contribution in [1.29, 1.82) is 0 Å². The number of rotatable bonds is 6. The molecule has 2 aromatic rings. The van der Waals surface area contributed by atoms with Crippen LogP contribution in [-0.2, 0) is 14.9 Å². The summed E-state index contributed by atoms with van der Waals surface area (Å²) in [5, 5.41) is 2.82. The SMILES string of the molecule is CCC(Oc1ccc(C(C)(C)C)cc1)C(=O)Nc1ccc(C(=O)OC)cc1. The number of hydrogen-bond donors (Lipinski definition) is 1. The number of anilines is 1. The summed E-state index contributed by atoms with van der Waals surface area (Å²) in [6.45, 7) is 8.35. The largest absolute Gasteiger partial charge is 0.481 e. The Balaban J connectivity index is 2.02. The minimum atomic E-state index is -0.606. The fraction of sp³-hybridized carbons (Fsp3) is 0.364. The number of carbonyl (C=O) groups excluding carboxylic acids is 2. The number of esters is 1. The minimum Gasteiger partial charge on any atom is -0.481 e. The molecular formula is C22H27NO4. The molecule has 1 atom stereocenters.